The second kappa shape index (κ2) is 15.4. The molecule has 0 unspecified atom stereocenters. The van der Waals surface area contributed by atoms with Gasteiger partial charge in [-0.3, -0.25) is 19.2 Å². The Morgan fingerprint density at radius 2 is 1.79 bits per heavy atom. The van der Waals surface area contributed by atoms with Crippen LogP contribution in [-0.2, 0) is 19.2 Å². The van der Waals surface area contributed by atoms with Gasteiger partial charge in [0.05, 0.1) is 24.9 Å². The van der Waals surface area contributed by atoms with E-state index in [1.807, 2.05) is 65.6 Å². The molecule has 0 radical (unpaired) electrons. The number of primary amides is 1. The van der Waals surface area contributed by atoms with Crippen LogP contribution in [0.25, 0.3) is 22.2 Å². The summed E-state index contributed by atoms with van der Waals surface area (Å²) in [7, 11) is 1.61. The van der Waals surface area contributed by atoms with Gasteiger partial charge in [0.15, 0.2) is 0 Å². The van der Waals surface area contributed by atoms with Gasteiger partial charge in [-0.15, -0.1) is 0 Å². The Kier molecular flexibility index (Phi) is 10.5. The van der Waals surface area contributed by atoms with Gasteiger partial charge in [0.25, 0.3) is 0 Å². The molecule has 1 aromatic heterocycles. The third-order valence-electron chi connectivity index (χ3n) is 11.3. The Morgan fingerprint density at radius 1 is 1.00 bits per heavy atom. The van der Waals surface area contributed by atoms with Crippen molar-refractivity contribution in [3.63, 3.8) is 0 Å². The quantitative estimate of drug-likeness (QED) is 0.323. The van der Waals surface area contributed by atoms with Crippen LogP contribution in [0.3, 0.4) is 0 Å². The fourth-order valence-electron chi connectivity index (χ4n) is 8.14. The topological polar surface area (TPSA) is 144 Å². The summed E-state index contributed by atoms with van der Waals surface area (Å²) in [6, 6.07) is 16.4. The number of nitrogens with zero attached hydrogens (tertiary/aromatic N) is 3. The molecule has 11 heteroatoms. The van der Waals surface area contributed by atoms with Crippen LogP contribution in [0.4, 0.5) is 0 Å². The van der Waals surface area contributed by atoms with Crippen molar-refractivity contribution in [2.24, 2.45) is 17.6 Å². The van der Waals surface area contributed by atoms with E-state index in [0.717, 1.165) is 55.9 Å². The largest absolute Gasteiger partial charge is 0.497 e. The smallest absolute Gasteiger partial charge is 0.243 e. The van der Waals surface area contributed by atoms with Crippen molar-refractivity contribution in [1.82, 2.24) is 20.1 Å². The molecule has 0 bridgehead atoms. The highest BCUT2D eigenvalue weighted by atomic mass is 16.5. The summed E-state index contributed by atoms with van der Waals surface area (Å²) in [4.78, 5) is 63.6. The summed E-state index contributed by atoms with van der Waals surface area (Å²) in [5, 5.41) is 3.75. The van der Waals surface area contributed by atoms with Crippen LogP contribution in [0.2, 0.25) is 0 Å². The maximum Gasteiger partial charge on any atom is 0.243 e. The number of ether oxygens (including phenoxy) is 2. The highest BCUT2D eigenvalue weighted by Gasteiger charge is 2.60. The minimum atomic E-state index is -1.18. The van der Waals surface area contributed by atoms with E-state index >= 15 is 0 Å². The molecule has 0 spiro atoms. The van der Waals surface area contributed by atoms with E-state index in [0.29, 0.717) is 48.6 Å². The van der Waals surface area contributed by atoms with Gasteiger partial charge in [-0.05, 0) is 57.1 Å². The number of rotatable bonds is 7. The predicted octanol–water partition coefficient (Wildman–Crippen LogP) is 5.16. The zero-order valence-electron chi connectivity index (χ0n) is 29.9. The number of fused-ring (bicyclic) bond motifs is 3. The molecule has 2 aromatic carbocycles. The molecule has 5 atom stereocenters. The third-order valence-corrected chi connectivity index (χ3v) is 11.3. The zero-order valence-corrected chi connectivity index (χ0v) is 29.9. The highest BCUT2D eigenvalue weighted by Crippen LogP contribution is 2.45. The molecule has 11 nitrogen and oxygen atoms in total. The second-order valence-electron chi connectivity index (χ2n) is 14.8. The maximum atomic E-state index is 14.6. The number of pyridine rings is 1. The fraction of sp³-hybridized carbons (Fsp3) is 0.488. The van der Waals surface area contributed by atoms with Gasteiger partial charge in [-0.2, -0.15) is 0 Å². The van der Waals surface area contributed by atoms with Crippen LogP contribution >= 0.6 is 0 Å². The molecular weight excluding hydrogens is 658 g/mol. The first-order valence-electron chi connectivity index (χ1n) is 18.8. The van der Waals surface area contributed by atoms with Crippen molar-refractivity contribution >= 4 is 34.5 Å². The average molecular weight is 708 g/mol. The number of nitrogens with one attached hydrogen (secondary N) is 1. The minimum Gasteiger partial charge on any atom is -0.497 e. The number of carbonyl (C=O) groups is 4. The number of likely N-dealkylation sites (tertiary alicyclic amines) is 1. The zero-order chi connectivity index (χ0) is 36.2. The molecule has 1 aliphatic carbocycles. The van der Waals surface area contributed by atoms with Gasteiger partial charge in [0.1, 0.15) is 29.2 Å². The number of allylic oxidation sites excluding steroid dienone is 1. The lowest BCUT2D eigenvalue weighted by Crippen LogP contribution is -2.55. The molecule has 3 N–H and O–H groups in total. The Bertz CT molecular complexity index is 1840. The Morgan fingerprint density at radius 3 is 2.56 bits per heavy atom. The van der Waals surface area contributed by atoms with Crippen LogP contribution < -0.4 is 20.5 Å². The average Bonchev–Trinajstić information content (AvgIpc) is 3.70. The Hall–Kier alpha value is -4.93. The van der Waals surface area contributed by atoms with E-state index in [1.165, 1.54) is 0 Å². The normalized spacial score (nSPS) is 26.8. The lowest BCUT2D eigenvalue weighted by atomic mass is 9.94. The number of hydrogen-bond acceptors (Lipinski definition) is 7. The minimum absolute atomic E-state index is 0.00692. The van der Waals surface area contributed by atoms with Crippen molar-refractivity contribution in [1.29, 1.82) is 0 Å². The van der Waals surface area contributed by atoms with Gasteiger partial charge in [-0.1, -0.05) is 55.3 Å². The summed E-state index contributed by atoms with van der Waals surface area (Å²) < 4.78 is 12.2. The van der Waals surface area contributed by atoms with Gasteiger partial charge < -0.3 is 30.3 Å². The second-order valence-corrected chi connectivity index (χ2v) is 14.8. The molecule has 4 heterocycles. The number of carbonyl (C=O) groups excluding carboxylic acids is 4. The van der Waals surface area contributed by atoms with Gasteiger partial charge in [-0.25, -0.2) is 4.98 Å². The number of aromatic nitrogens is 1. The summed E-state index contributed by atoms with van der Waals surface area (Å²) in [6.07, 6.45) is 11.3. The van der Waals surface area contributed by atoms with Crippen LogP contribution in [0.1, 0.15) is 70.6 Å². The number of hydrogen-bond donors (Lipinski definition) is 2. The first-order valence-corrected chi connectivity index (χ1v) is 18.8. The number of nitrogens with two attached hydrogens (primary N) is 1. The maximum absolute atomic E-state index is 14.6. The third kappa shape index (κ3) is 7.49. The molecule has 2 saturated heterocycles. The van der Waals surface area contributed by atoms with Crippen LogP contribution in [0, 0.1) is 11.8 Å². The SMILES string of the molecule is COc1ccc2c(O[C@@H]3C[C@H]4C(=O)N[C@]5(C(N)=O)C[C@H]5C=CCCCCC[C@H](CC(=O)N5CCCCC5)C(=O)N4C3)cc(-c3ccccc3)nc2c1. The van der Waals surface area contributed by atoms with Crippen molar-refractivity contribution in [3.8, 4) is 22.8 Å². The van der Waals surface area contributed by atoms with Gasteiger partial charge in [0, 0.05) is 60.8 Å². The number of amides is 4. The highest BCUT2D eigenvalue weighted by molar-refractivity contribution is 5.97. The molecule has 3 fully saturated rings. The molecule has 4 amide bonds. The summed E-state index contributed by atoms with van der Waals surface area (Å²) in [6.45, 7) is 1.58. The lowest BCUT2D eigenvalue weighted by molar-refractivity contribution is -0.145. The number of benzene rings is 2. The van der Waals surface area contributed by atoms with E-state index in [9.17, 15) is 19.2 Å². The molecule has 3 aliphatic heterocycles. The number of piperidine rings is 1. The fourth-order valence-corrected chi connectivity index (χ4v) is 8.14. The monoisotopic (exact) mass is 707 g/mol. The van der Waals surface area contributed by atoms with Crippen LogP contribution in [0.5, 0.6) is 11.5 Å². The van der Waals surface area contributed by atoms with E-state index in [4.69, 9.17) is 20.2 Å². The Labute approximate surface area is 304 Å². The predicted molar refractivity (Wildman–Crippen MR) is 197 cm³/mol. The van der Waals surface area contributed by atoms with Crippen LogP contribution in [0.15, 0.2) is 66.7 Å². The first-order chi connectivity index (χ1) is 25.3. The Balaban J connectivity index is 1.21. The molecular formula is C41H49N5O6. The summed E-state index contributed by atoms with van der Waals surface area (Å²) in [5.74, 6) is -0.770. The van der Waals surface area contributed by atoms with Gasteiger partial charge in [0.2, 0.25) is 23.6 Å². The molecule has 7 rings (SSSR count). The van der Waals surface area contributed by atoms with E-state index in [1.54, 1.807) is 12.0 Å². The standard InChI is InChI=1S/C41H49N5O6/c1-51-30-17-18-32-34(22-30)43-33(27-13-8-5-9-14-27)24-36(32)52-31-23-35-38(48)44-41(40(42)50)25-29(41)16-10-4-2-3-7-15-28(39(49)46(35)26-31)21-37(47)45-19-11-6-12-20-45/h5,8-10,13-14,16-18,22,24,28-29,31,35H,2-4,6-7,11-12,15,19-21,23,25-26H2,1H3,(H2,42,50)(H,44,48)/t28-,29-,31-,35+,41-/m1/s1. The first kappa shape index (κ1) is 35.5. The molecule has 4 aliphatic rings. The van der Waals surface area contributed by atoms with E-state index in [-0.39, 0.29) is 37.1 Å². The lowest BCUT2D eigenvalue weighted by Gasteiger charge is -2.31. The van der Waals surface area contributed by atoms with E-state index < -0.39 is 35.4 Å². The molecule has 52 heavy (non-hydrogen) atoms. The number of methoxy groups -OCH3 is 1. The summed E-state index contributed by atoms with van der Waals surface area (Å²) in [5.41, 5.74) is 7.02. The van der Waals surface area contributed by atoms with Crippen LogP contribution in [-0.4, -0.2) is 82.8 Å². The van der Waals surface area contributed by atoms with Crippen molar-refractivity contribution < 1.29 is 28.7 Å². The molecule has 274 valence electrons. The summed E-state index contributed by atoms with van der Waals surface area (Å²) >= 11 is 0. The van der Waals surface area contributed by atoms with Gasteiger partial charge >= 0.3 is 0 Å². The molecule has 1 saturated carbocycles. The van der Waals surface area contributed by atoms with Crippen molar-refractivity contribution in [3.05, 3.63) is 66.7 Å². The molecule has 3 aromatic rings. The van der Waals surface area contributed by atoms with Crippen molar-refractivity contribution in [2.75, 3.05) is 26.7 Å². The van der Waals surface area contributed by atoms with Crippen molar-refractivity contribution in [2.45, 2.75) is 88.3 Å². The van der Waals surface area contributed by atoms with E-state index in [2.05, 4.69) is 11.4 Å².